The van der Waals surface area contributed by atoms with E-state index < -0.39 is 5.97 Å². The first-order chi connectivity index (χ1) is 11.6. The van der Waals surface area contributed by atoms with E-state index in [4.69, 9.17) is 9.84 Å². The van der Waals surface area contributed by atoms with Crippen LogP contribution in [-0.4, -0.2) is 40.4 Å². The number of hydrogen-bond donors (Lipinski definition) is 2. The average molecular weight is 345 g/mol. The first-order valence-electron chi connectivity index (χ1n) is 7.19. The van der Waals surface area contributed by atoms with E-state index in [-0.39, 0.29) is 11.6 Å². The molecule has 7 nitrogen and oxygen atoms in total. The molecule has 8 heteroatoms. The van der Waals surface area contributed by atoms with Crippen molar-refractivity contribution in [1.82, 2.24) is 15.1 Å². The Labute approximate surface area is 141 Å². The fourth-order valence-corrected chi connectivity index (χ4v) is 3.30. The molecule has 0 spiro atoms. The number of methoxy groups -OCH3 is 1. The molecule has 24 heavy (non-hydrogen) atoms. The highest BCUT2D eigenvalue weighted by Gasteiger charge is 2.14. The summed E-state index contributed by atoms with van der Waals surface area (Å²) in [6.45, 7) is 0.737. The van der Waals surface area contributed by atoms with E-state index in [0.717, 1.165) is 15.8 Å². The number of thiophene rings is 1. The molecule has 0 saturated heterocycles. The summed E-state index contributed by atoms with van der Waals surface area (Å²) in [5.74, 6) is -0.521. The number of rotatable bonds is 6. The van der Waals surface area contributed by atoms with Gasteiger partial charge in [0.2, 0.25) is 0 Å². The van der Waals surface area contributed by atoms with Crippen molar-refractivity contribution in [2.24, 2.45) is 0 Å². The molecule has 0 atom stereocenters. The Bertz CT molecular complexity index is 900. The van der Waals surface area contributed by atoms with E-state index in [9.17, 15) is 9.59 Å². The minimum absolute atomic E-state index is 0.0169. The molecule has 2 heterocycles. The highest BCUT2D eigenvalue weighted by molar-refractivity contribution is 7.17. The molecule has 3 rings (SSSR count). The molecule has 2 N–H and O–H groups in total. The summed E-state index contributed by atoms with van der Waals surface area (Å²) < 4.78 is 7.66. The number of hydrogen-bond acceptors (Lipinski definition) is 5. The van der Waals surface area contributed by atoms with Gasteiger partial charge in [-0.25, -0.2) is 4.79 Å². The molecule has 124 valence electrons. The van der Waals surface area contributed by atoms with Crippen LogP contribution in [0.25, 0.3) is 10.1 Å². The van der Waals surface area contributed by atoms with Gasteiger partial charge in [-0.2, -0.15) is 5.10 Å². The van der Waals surface area contributed by atoms with Crippen LogP contribution in [0.15, 0.2) is 35.8 Å². The Morgan fingerprint density at radius 1 is 1.33 bits per heavy atom. The van der Waals surface area contributed by atoms with Gasteiger partial charge in [-0.05, 0) is 29.6 Å². The molecule has 1 aromatic carbocycles. The standard InChI is InChI=1S/C16H15N3O4S/c1-23-13-3-2-11(14-10(13)5-9-24-14)15(20)17-6-8-19-7-4-12(18-19)16(21)22/h2-5,7,9H,6,8H2,1H3,(H,17,20)(H,21,22). The number of carboxylic acids is 1. The smallest absolute Gasteiger partial charge is 0.356 e. The third-order valence-electron chi connectivity index (χ3n) is 3.53. The van der Waals surface area contributed by atoms with Crippen LogP contribution in [0.3, 0.4) is 0 Å². The van der Waals surface area contributed by atoms with Crippen molar-refractivity contribution in [3.8, 4) is 5.75 Å². The van der Waals surface area contributed by atoms with E-state index in [0.29, 0.717) is 18.7 Å². The highest BCUT2D eigenvalue weighted by atomic mass is 32.1. The van der Waals surface area contributed by atoms with Gasteiger partial charge >= 0.3 is 5.97 Å². The number of carboxylic acid groups (broad SMARTS) is 1. The van der Waals surface area contributed by atoms with Crippen molar-refractivity contribution in [1.29, 1.82) is 0 Å². The van der Waals surface area contributed by atoms with Gasteiger partial charge in [-0.1, -0.05) is 0 Å². The number of nitrogens with zero attached hydrogens (tertiary/aromatic N) is 2. The predicted octanol–water partition coefficient (Wildman–Crippen LogP) is 2.23. The number of carbonyl (C=O) groups is 2. The molecule has 2 aromatic heterocycles. The van der Waals surface area contributed by atoms with Gasteiger partial charge < -0.3 is 15.2 Å². The second-order valence-corrected chi connectivity index (χ2v) is 5.92. The summed E-state index contributed by atoms with van der Waals surface area (Å²) in [6, 6.07) is 6.86. The van der Waals surface area contributed by atoms with E-state index in [1.54, 1.807) is 25.4 Å². The van der Waals surface area contributed by atoms with Gasteiger partial charge in [0, 0.05) is 18.1 Å². The van der Waals surface area contributed by atoms with Gasteiger partial charge in [-0.15, -0.1) is 11.3 Å². The molecule has 0 unspecified atom stereocenters. The van der Waals surface area contributed by atoms with Crippen molar-refractivity contribution < 1.29 is 19.4 Å². The summed E-state index contributed by atoms with van der Waals surface area (Å²) in [5, 5.41) is 18.4. The summed E-state index contributed by atoms with van der Waals surface area (Å²) >= 11 is 1.48. The Morgan fingerprint density at radius 2 is 2.17 bits per heavy atom. The highest BCUT2D eigenvalue weighted by Crippen LogP contribution is 2.32. The lowest BCUT2D eigenvalue weighted by molar-refractivity contribution is 0.0689. The number of benzene rings is 1. The zero-order valence-corrected chi connectivity index (χ0v) is 13.7. The Morgan fingerprint density at radius 3 is 2.88 bits per heavy atom. The predicted molar refractivity (Wildman–Crippen MR) is 89.9 cm³/mol. The SMILES string of the molecule is COc1ccc(C(=O)NCCn2ccc(C(=O)O)n2)c2sccc12. The molecule has 0 fully saturated rings. The van der Waals surface area contributed by atoms with Crippen LogP contribution in [0, 0.1) is 0 Å². The monoisotopic (exact) mass is 345 g/mol. The molecule has 0 bridgehead atoms. The number of nitrogens with one attached hydrogen (secondary N) is 1. The average Bonchev–Trinajstić information content (AvgIpc) is 3.23. The molecule has 0 aliphatic rings. The van der Waals surface area contributed by atoms with Crippen LogP contribution in [0.5, 0.6) is 5.75 Å². The summed E-state index contributed by atoms with van der Waals surface area (Å²) in [4.78, 5) is 23.2. The van der Waals surface area contributed by atoms with Crippen LogP contribution in [0.1, 0.15) is 20.8 Å². The van der Waals surface area contributed by atoms with E-state index in [1.165, 1.54) is 22.1 Å². The first-order valence-corrected chi connectivity index (χ1v) is 8.07. The largest absolute Gasteiger partial charge is 0.496 e. The number of fused-ring (bicyclic) bond motifs is 1. The molecule has 0 aliphatic carbocycles. The van der Waals surface area contributed by atoms with Crippen LogP contribution in [0.4, 0.5) is 0 Å². The summed E-state index contributed by atoms with van der Waals surface area (Å²) in [5.41, 5.74) is 0.573. The molecular formula is C16H15N3O4S. The number of aromatic nitrogens is 2. The molecule has 0 saturated carbocycles. The topological polar surface area (TPSA) is 93.5 Å². The maximum atomic E-state index is 12.4. The lowest BCUT2D eigenvalue weighted by Crippen LogP contribution is -2.27. The third kappa shape index (κ3) is 3.09. The summed E-state index contributed by atoms with van der Waals surface area (Å²) in [6.07, 6.45) is 1.57. The van der Waals surface area contributed by atoms with Gasteiger partial charge in [0.05, 0.1) is 23.9 Å². The van der Waals surface area contributed by atoms with Crippen LogP contribution < -0.4 is 10.1 Å². The van der Waals surface area contributed by atoms with E-state index >= 15 is 0 Å². The Hall–Kier alpha value is -2.87. The van der Waals surface area contributed by atoms with Crippen molar-refractivity contribution in [3.05, 3.63) is 47.1 Å². The van der Waals surface area contributed by atoms with Crippen LogP contribution in [0.2, 0.25) is 0 Å². The van der Waals surface area contributed by atoms with Crippen molar-refractivity contribution >= 4 is 33.3 Å². The zero-order chi connectivity index (χ0) is 17.1. The first kappa shape index (κ1) is 16.0. The number of amides is 1. The lowest BCUT2D eigenvalue weighted by Gasteiger charge is -2.08. The maximum absolute atomic E-state index is 12.4. The molecule has 0 radical (unpaired) electrons. The van der Waals surface area contributed by atoms with Gasteiger partial charge in [0.15, 0.2) is 5.69 Å². The van der Waals surface area contributed by atoms with Crippen molar-refractivity contribution in [2.75, 3.05) is 13.7 Å². The van der Waals surface area contributed by atoms with Crippen LogP contribution >= 0.6 is 11.3 Å². The van der Waals surface area contributed by atoms with E-state index in [2.05, 4.69) is 10.4 Å². The normalized spacial score (nSPS) is 10.7. The quantitative estimate of drug-likeness (QED) is 0.714. The van der Waals surface area contributed by atoms with Crippen LogP contribution in [-0.2, 0) is 6.54 Å². The molecule has 0 aliphatic heterocycles. The Kier molecular flexibility index (Phi) is 4.48. The minimum atomic E-state index is -1.07. The number of carbonyl (C=O) groups excluding carboxylic acids is 1. The fourth-order valence-electron chi connectivity index (χ4n) is 2.37. The molecular weight excluding hydrogens is 330 g/mol. The second kappa shape index (κ2) is 6.71. The zero-order valence-electron chi connectivity index (χ0n) is 12.9. The van der Waals surface area contributed by atoms with Gasteiger partial charge in [-0.3, -0.25) is 9.48 Å². The van der Waals surface area contributed by atoms with Crippen molar-refractivity contribution in [2.45, 2.75) is 6.54 Å². The van der Waals surface area contributed by atoms with Crippen molar-refractivity contribution in [3.63, 3.8) is 0 Å². The maximum Gasteiger partial charge on any atom is 0.356 e. The van der Waals surface area contributed by atoms with Gasteiger partial charge in [0.1, 0.15) is 5.75 Å². The molecule has 1 amide bonds. The lowest BCUT2D eigenvalue weighted by atomic mass is 10.1. The minimum Gasteiger partial charge on any atom is -0.496 e. The number of ether oxygens (including phenoxy) is 1. The van der Waals surface area contributed by atoms with E-state index in [1.807, 2.05) is 11.4 Å². The molecule has 3 aromatic rings. The second-order valence-electron chi connectivity index (χ2n) is 5.00. The Balaban J connectivity index is 1.67. The number of aromatic carboxylic acids is 1. The summed E-state index contributed by atoms with van der Waals surface area (Å²) in [7, 11) is 1.60. The third-order valence-corrected chi connectivity index (χ3v) is 4.48. The van der Waals surface area contributed by atoms with Gasteiger partial charge in [0.25, 0.3) is 5.91 Å². The fraction of sp³-hybridized carbons (Fsp3) is 0.188.